The fraction of sp³-hybridized carbons (Fsp3) is 0.379. The van der Waals surface area contributed by atoms with E-state index in [1.54, 1.807) is 18.2 Å². The number of imide groups is 1. The fourth-order valence-electron chi connectivity index (χ4n) is 6.39. The van der Waals surface area contributed by atoms with E-state index in [-0.39, 0.29) is 40.0 Å². The number of para-hydroxylation sites is 1. The summed E-state index contributed by atoms with van der Waals surface area (Å²) in [4.78, 5) is 55.0. The molecule has 36 heavy (non-hydrogen) atoms. The lowest BCUT2D eigenvalue weighted by Gasteiger charge is -2.42. The predicted octanol–water partition coefficient (Wildman–Crippen LogP) is 4.68. The number of carbonyl (C=O) groups excluding carboxylic acids is 4. The van der Waals surface area contributed by atoms with E-state index in [1.807, 2.05) is 32.9 Å². The van der Waals surface area contributed by atoms with E-state index in [0.717, 1.165) is 5.57 Å². The van der Waals surface area contributed by atoms with Crippen LogP contribution in [0.15, 0.2) is 64.2 Å². The van der Waals surface area contributed by atoms with E-state index in [0.29, 0.717) is 35.1 Å². The second-order valence-corrected chi connectivity index (χ2v) is 11.8. The molecule has 0 spiro atoms. The Kier molecular flexibility index (Phi) is 5.82. The number of carbonyl (C=O) groups is 4. The molecule has 1 N–H and O–H groups in total. The lowest BCUT2D eigenvalue weighted by molar-refractivity contribution is -0.145. The Morgan fingerprint density at radius 1 is 1.14 bits per heavy atom. The van der Waals surface area contributed by atoms with Crippen LogP contribution < -0.4 is 0 Å². The van der Waals surface area contributed by atoms with E-state index >= 15 is 0 Å². The van der Waals surface area contributed by atoms with Crippen LogP contribution in [0.3, 0.4) is 0 Å². The summed E-state index contributed by atoms with van der Waals surface area (Å²) in [6.07, 6.45) is 5.96. The zero-order valence-electron chi connectivity index (χ0n) is 20.5. The van der Waals surface area contributed by atoms with Crippen LogP contribution in [0.4, 0.5) is 0 Å². The van der Waals surface area contributed by atoms with Gasteiger partial charge in [0.1, 0.15) is 5.75 Å². The van der Waals surface area contributed by atoms with Gasteiger partial charge in [-0.25, -0.2) is 0 Å². The summed E-state index contributed by atoms with van der Waals surface area (Å²) < 4.78 is 0.180. The molecule has 0 unspecified atom stereocenters. The van der Waals surface area contributed by atoms with Crippen LogP contribution in [-0.4, -0.2) is 38.9 Å². The summed E-state index contributed by atoms with van der Waals surface area (Å²) in [7, 11) is 0. The molecule has 0 bridgehead atoms. The first-order valence-electron chi connectivity index (χ1n) is 12.2. The molecule has 1 saturated heterocycles. The molecule has 1 aromatic carbocycles. The van der Waals surface area contributed by atoms with Crippen LogP contribution in [0.1, 0.15) is 50.7 Å². The molecule has 6 nitrogen and oxygen atoms in total. The number of aromatic hydroxyl groups is 1. The first kappa shape index (κ1) is 24.6. The predicted molar refractivity (Wildman–Crippen MR) is 138 cm³/mol. The Labute approximate surface area is 218 Å². The molecule has 2 amide bonds. The third-order valence-electron chi connectivity index (χ3n) is 7.83. The van der Waals surface area contributed by atoms with E-state index in [2.05, 4.69) is 22.5 Å². The molecule has 1 fully saturated rings. The Hall–Kier alpha value is -3.06. The molecule has 4 atom stereocenters. The summed E-state index contributed by atoms with van der Waals surface area (Å²) in [6.45, 7) is 9.28. The first-order valence-corrected chi connectivity index (χ1v) is 13.0. The van der Waals surface area contributed by atoms with Crippen molar-refractivity contribution in [1.82, 2.24) is 4.90 Å². The van der Waals surface area contributed by atoms with Gasteiger partial charge in [0.05, 0.1) is 16.3 Å². The SMILES string of the molecule is C=CCc1cccc([C@H]2C3=CC[C@@H]4C(=O)N(C(C)(C)C)C(=O)[C@@H]4[C@@H]3CC3=C2C(=O)C=C(Br)C3=O)c1O. The third kappa shape index (κ3) is 3.51. The largest absolute Gasteiger partial charge is 0.507 e. The van der Waals surface area contributed by atoms with E-state index in [9.17, 15) is 24.3 Å². The Morgan fingerprint density at radius 2 is 1.86 bits per heavy atom. The van der Waals surface area contributed by atoms with E-state index < -0.39 is 29.2 Å². The van der Waals surface area contributed by atoms with Crippen molar-refractivity contribution in [2.45, 2.75) is 51.5 Å². The molecule has 186 valence electrons. The van der Waals surface area contributed by atoms with Crippen molar-refractivity contribution in [1.29, 1.82) is 0 Å². The minimum Gasteiger partial charge on any atom is -0.507 e. The monoisotopic (exact) mass is 549 g/mol. The molecule has 5 rings (SSSR count). The van der Waals surface area contributed by atoms with Crippen LogP contribution in [0.5, 0.6) is 5.75 Å². The summed E-state index contributed by atoms with van der Waals surface area (Å²) in [6, 6.07) is 5.38. The first-order chi connectivity index (χ1) is 17.0. The average molecular weight is 550 g/mol. The van der Waals surface area contributed by atoms with Crippen molar-refractivity contribution in [3.05, 3.63) is 75.3 Å². The van der Waals surface area contributed by atoms with Crippen molar-refractivity contribution in [2.75, 3.05) is 0 Å². The number of phenols is 1. The molecule has 1 heterocycles. The van der Waals surface area contributed by atoms with Crippen molar-refractivity contribution in [3.8, 4) is 5.75 Å². The number of amides is 2. The van der Waals surface area contributed by atoms with Crippen molar-refractivity contribution in [2.24, 2.45) is 17.8 Å². The van der Waals surface area contributed by atoms with Gasteiger partial charge in [0, 0.05) is 34.2 Å². The lowest BCUT2D eigenvalue weighted by atomic mass is 9.59. The molecule has 0 saturated carbocycles. The molecular weight excluding hydrogens is 522 g/mol. The number of fused-ring (bicyclic) bond motifs is 3. The molecule has 4 aliphatic rings. The van der Waals surface area contributed by atoms with Gasteiger partial charge in [-0.05, 0) is 67.4 Å². The highest BCUT2D eigenvalue weighted by Gasteiger charge is 2.58. The summed E-state index contributed by atoms with van der Waals surface area (Å²) in [5, 5.41) is 11.2. The Bertz CT molecular complexity index is 1340. The number of hydrogen-bond acceptors (Lipinski definition) is 5. The minimum atomic E-state index is -0.677. The van der Waals surface area contributed by atoms with Gasteiger partial charge in [-0.2, -0.15) is 0 Å². The Balaban J connectivity index is 1.71. The summed E-state index contributed by atoms with van der Waals surface area (Å²) >= 11 is 3.23. The standard InChI is InChI=1S/C29H28BrNO5/c1-5-7-14-8-6-9-16(25(14)33)22-15-10-11-17-23(28(36)31(27(17)35)29(2,3)4)18(15)12-19-24(22)21(32)13-20(30)26(19)34/h5-6,8-10,13,17-18,22-23,33H,1,7,11-12H2,2-4H3/t17-,18+,22+,23-/m0/s1. The number of benzene rings is 1. The van der Waals surface area contributed by atoms with Gasteiger partial charge in [-0.1, -0.05) is 35.9 Å². The molecule has 7 heteroatoms. The third-order valence-corrected chi connectivity index (χ3v) is 8.42. The van der Waals surface area contributed by atoms with Gasteiger partial charge in [-0.15, -0.1) is 6.58 Å². The normalized spacial score (nSPS) is 27.9. The number of Topliss-reactive ketones (excluding diaryl/α,β-unsaturated/α-hetero) is 1. The van der Waals surface area contributed by atoms with Crippen molar-refractivity contribution < 1.29 is 24.3 Å². The topological polar surface area (TPSA) is 91.8 Å². The number of ketones is 2. The number of likely N-dealkylation sites (tertiary alicyclic amines) is 1. The zero-order chi connectivity index (χ0) is 26.1. The van der Waals surface area contributed by atoms with Crippen molar-refractivity contribution in [3.63, 3.8) is 0 Å². The van der Waals surface area contributed by atoms with Crippen LogP contribution in [0, 0.1) is 17.8 Å². The van der Waals surface area contributed by atoms with Crippen molar-refractivity contribution >= 4 is 39.3 Å². The molecular formula is C29H28BrNO5. The maximum Gasteiger partial charge on any atom is 0.234 e. The Morgan fingerprint density at radius 3 is 2.53 bits per heavy atom. The second-order valence-electron chi connectivity index (χ2n) is 10.9. The average Bonchev–Trinajstić information content (AvgIpc) is 3.08. The molecule has 1 aromatic rings. The number of allylic oxidation sites excluding steroid dienone is 7. The second kappa shape index (κ2) is 8.51. The van der Waals surface area contributed by atoms with Gasteiger partial charge in [-0.3, -0.25) is 24.1 Å². The van der Waals surface area contributed by atoms with E-state index in [1.165, 1.54) is 11.0 Å². The maximum absolute atomic E-state index is 13.7. The molecule has 3 aliphatic carbocycles. The maximum atomic E-state index is 13.7. The summed E-state index contributed by atoms with van der Waals surface area (Å²) in [5.41, 5.74) is 2.05. The smallest absolute Gasteiger partial charge is 0.234 e. The molecule has 0 radical (unpaired) electrons. The number of halogens is 1. The van der Waals surface area contributed by atoms with Crippen LogP contribution in [0.25, 0.3) is 0 Å². The number of hydrogen-bond donors (Lipinski definition) is 1. The zero-order valence-corrected chi connectivity index (χ0v) is 22.1. The highest BCUT2D eigenvalue weighted by molar-refractivity contribution is 9.12. The van der Waals surface area contributed by atoms with Crippen LogP contribution in [0.2, 0.25) is 0 Å². The van der Waals surface area contributed by atoms with Crippen LogP contribution in [-0.2, 0) is 25.6 Å². The number of nitrogens with zero attached hydrogens (tertiary/aromatic N) is 1. The van der Waals surface area contributed by atoms with Gasteiger partial charge >= 0.3 is 0 Å². The molecule has 0 aromatic heterocycles. The number of phenolic OH excluding ortho intramolecular Hbond substituents is 1. The van der Waals surface area contributed by atoms with Crippen LogP contribution >= 0.6 is 15.9 Å². The quantitative estimate of drug-likeness (QED) is 0.335. The van der Waals surface area contributed by atoms with E-state index in [4.69, 9.17) is 0 Å². The summed E-state index contributed by atoms with van der Waals surface area (Å²) in [5.74, 6) is -3.16. The van der Waals surface area contributed by atoms with Gasteiger partial charge in [0.2, 0.25) is 11.8 Å². The fourth-order valence-corrected chi connectivity index (χ4v) is 6.83. The molecule has 1 aliphatic heterocycles. The van der Waals surface area contributed by atoms with Gasteiger partial charge in [0.25, 0.3) is 0 Å². The lowest BCUT2D eigenvalue weighted by Crippen LogP contribution is -2.46. The minimum absolute atomic E-state index is 0.0527. The highest BCUT2D eigenvalue weighted by atomic mass is 79.9. The van der Waals surface area contributed by atoms with Gasteiger partial charge in [0.15, 0.2) is 11.6 Å². The van der Waals surface area contributed by atoms with Gasteiger partial charge < -0.3 is 5.11 Å². The highest BCUT2D eigenvalue weighted by Crippen LogP contribution is 2.56. The number of rotatable bonds is 3.